The van der Waals surface area contributed by atoms with Crippen LogP contribution in [0.5, 0.6) is 0 Å². The second-order valence-corrected chi connectivity index (χ2v) is 11.6. The number of amides is 3. The Morgan fingerprint density at radius 1 is 1.14 bits per heavy atom. The van der Waals surface area contributed by atoms with Crippen molar-refractivity contribution in [3.63, 3.8) is 0 Å². The zero-order valence-corrected chi connectivity index (χ0v) is 25.0. The van der Waals surface area contributed by atoms with E-state index in [9.17, 15) is 28.0 Å². The third kappa shape index (κ3) is 8.60. The molecule has 1 aromatic rings. The first-order valence-electron chi connectivity index (χ1n) is 14.2. The molecule has 13 heteroatoms. The van der Waals surface area contributed by atoms with Gasteiger partial charge in [-0.15, -0.1) is 0 Å². The molecule has 2 fully saturated rings. The highest BCUT2D eigenvalue weighted by Crippen LogP contribution is 2.37. The lowest BCUT2D eigenvalue weighted by Crippen LogP contribution is -2.66. The number of rotatable bonds is 15. The number of para-hydroxylation sites is 1. The molecule has 0 radical (unpaired) electrons. The third-order valence-corrected chi connectivity index (χ3v) is 7.78. The highest BCUT2D eigenvalue weighted by Gasteiger charge is 2.57. The maximum Gasteiger partial charge on any atom is 0.345 e. The van der Waals surface area contributed by atoms with E-state index in [1.54, 1.807) is 26.1 Å². The van der Waals surface area contributed by atoms with Gasteiger partial charge in [0.15, 0.2) is 11.6 Å². The molecule has 2 heterocycles. The summed E-state index contributed by atoms with van der Waals surface area (Å²) in [7, 11) is 1.65. The highest BCUT2D eigenvalue weighted by atomic mass is 19.3. The predicted molar refractivity (Wildman–Crippen MR) is 151 cm³/mol. The van der Waals surface area contributed by atoms with E-state index in [1.807, 2.05) is 37.8 Å². The van der Waals surface area contributed by atoms with Crippen LogP contribution in [0.1, 0.15) is 32.8 Å². The van der Waals surface area contributed by atoms with Crippen LogP contribution in [0.15, 0.2) is 24.3 Å². The number of morpholine rings is 1. The van der Waals surface area contributed by atoms with Crippen molar-refractivity contribution in [1.82, 2.24) is 20.0 Å². The van der Waals surface area contributed by atoms with Crippen LogP contribution in [0, 0.1) is 12.8 Å². The summed E-state index contributed by atoms with van der Waals surface area (Å²) in [5, 5.41) is 4.93. The summed E-state index contributed by atoms with van der Waals surface area (Å²) in [6, 6.07) is 4.94. The molecule has 2 saturated heterocycles. The molecule has 0 aliphatic carbocycles. The topological polar surface area (TPSA) is 127 Å². The van der Waals surface area contributed by atoms with Crippen LogP contribution in [0.25, 0.3) is 0 Å². The number of aryl methyl sites for hydroxylation is 1. The first kappa shape index (κ1) is 33.7. The standard InChI is InChI=1S/C29H42F2N4O7/c1-19(2)14-23(26(38)29(4)18-42-29)35(5,22-9-7-6-8-20(22)3)25(37)15-32-27(39)21(17-41-28(30)31)33-24(36)16-34-10-12-40-13-11-34/h6-9,19,21,23,28H,10-18H2,1-5H3,(H-,32,33,36,39)/p+1. The first-order chi connectivity index (χ1) is 19.8. The average molecular weight is 598 g/mol. The molecule has 3 amide bonds. The Bertz CT molecular complexity index is 1120. The first-order valence-corrected chi connectivity index (χ1v) is 14.2. The van der Waals surface area contributed by atoms with Crippen LogP contribution in [-0.4, -0.2) is 112 Å². The molecule has 3 rings (SSSR count). The number of hydrogen-bond acceptors (Lipinski definition) is 8. The molecule has 1 aromatic carbocycles. The van der Waals surface area contributed by atoms with Crippen molar-refractivity contribution in [2.45, 2.75) is 58.4 Å². The van der Waals surface area contributed by atoms with Gasteiger partial charge < -0.3 is 24.8 Å². The smallest absolute Gasteiger partial charge is 0.345 e. The van der Waals surface area contributed by atoms with E-state index >= 15 is 0 Å². The van der Waals surface area contributed by atoms with E-state index in [4.69, 9.17) is 9.47 Å². The van der Waals surface area contributed by atoms with Gasteiger partial charge in [0.25, 0.3) is 0 Å². The van der Waals surface area contributed by atoms with Crippen molar-refractivity contribution in [1.29, 1.82) is 0 Å². The van der Waals surface area contributed by atoms with Crippen molar-refractivity contribution >= 4 is 29.2 Å². The van der Waals surface area contributed by atoms with Gasteiger partial charge in [-0.25, -0.2) is 9.28 Å². The van der Waals surface area contributed by atoms with Gasteiger partial charge in [0.2, 0.25) is 17.6 Å². The van der Waals surface area contributed by atoms with Crippen LogP contribution in [0.2, 0.25) is 0 Å². The van der Waals surface area contributed by atoms with Gasteiger partial charge in [-0.05, 0) is 25.8 Å². The number of ether oxygens (including phenoxy) is 3. The van der Waals surface area contributed by atoms with Crippen LogP contribution in [0.3, 0.4) is 0 Å². The number of quaternary nitrogens is 1. The third-order valence-electron chi connectivity index (χ3n) is 7.78. The van der Waals surface area contributed by atoms with Gasteiger partial charge in [0.05, 0.1) is 40.0 Å². The second-order valence-electron chi connectivity index (χ2n) is 11.6. The fourth-order valence-electron chi connectivity index (χ4n) is 5.17. The van der Waals surface area contributed by atoms with Crippen molar-refractivity contribution in [3.05, 3.63) is 29.8 Å². The van der Waals surface area contributed by atoms with Gasteiger partial charge in [0, 0.05) is 25.1 Å². The Hall–Kier alpha value is -2.84. The molecule has 42 heavy (non-hydrogen) atoms. The Labute approximate surface area is 245 Å². The number of carbonyl (C=O) groups excluding carboxylic acids is 4. The minimum atomic E-state index is -3.16. The van der Waals surface area contributed by atoms with Gasteiger partial charge in [-0.3, -0.25) is 19.3 Å². The summed E-state index contributed by atoms with van der Waals surface area (Å²) >= 11 is 0. The fraction of sp³-hybridized carbons (Fsp3) is 0.655. The Morgan fingerprint density at radius 2 is 1.79 bits per heavy atom. The SMILES string of the molecule is Cc1ccccc1[N+](C)(C(=O)CNC(=O)C(COC(F)F)NC(=O)CN1CCOCC1)C(CC(C)C)C(=O)C1(C)CO1. The van der Waals surface area contributed by atoms with Crippen LogP contribution in [-0.2, 0) is 33.4 Å². The van der Waals surface area contributed by atoms with Crippen molar-refractivity contribution < 1.29 is 42.2 Å². The molecule has 0 aromatic heterocycles. The largest absolute Gasteiger partial charge is 0.379 e. The molecular formula is C29H43F2N4O7+. The summed E-state index contributed by atoms with van der Waals surface area (Å²) in [5.74, 6) is -2.06. The van der Waals surface area contributed by atoms with Crippen LogP contribution in [0.4, 0.5) is 14.5 Å². The Balaban J connectivity index is 1.82. The number of Topliss-reactive ketones (excluding diaryl/α,β-unsaturated/α-hetero) is 1. The lowest BCUT2D eigenvalue weighted by Gasteiger charge is -2.40. The summed E-state index contributed by atoms with van der Waals surface area (Å²) < 4.78 is 40.3. The number of nitrogens with one attached hydrogen (secondary N) is 2. The summed E-state index contributed by atoms with van der Waals surface area (Å²) in [6.45, 7) is 5.13. The van der Waals surface area contributed by atoms with Gasteiger partial charge >= 0.3 is 12.5 Å². The maximum absolute atomic E-state index is 14.1. The number of benzene rings is 1. The molecule has 234 valence electrons. The van der Waals surface area contributed by atoms with E-state index < -0.39 is 59.7 Å². The van der Waals surface area contributed by atoms with Gasteiger partial charge in [-0.2, -0.15) is 8.78 Å². The number of epoxide rings is 1. The molecule has 0 bridgehead atoms. The quantitative estimate of drug-likeness (QED) is 0.230. The van der Waals surface area contributed by atoms with E-state index in [1.165, 1.54) is 0 Å². The molecule has 2 aliphatic heterocycles. The fourth-order valence-corrected chi connectivity index (χ4v) is 5.17. The summed E-state index contributed by atoms with van der Waals surface area (Å²) in [6.07, 6.45) is 0.380. The zero-order valence-electron chi connectivity index (χ0n) is 25.0. The van der Waals surface area contributed by atoms with Gasteiger partial charge in [0.1, 0.15) is 18.3 Å². The number of carbonyl (C=O) groups is 4. The lowest BCUT2D eigenvalue weighted by atomic mass is 9.89. The van der Waals surface area contributed by atoms with Crippen molar-refractivity contribution in [2.24, 2.45) is 5.92 Å². The molecular weight excluding hydrogens is 554 g/mol. The highest BCUT2D eigenvalue weighted by molar-refractivity contribution is 6.03. The van der Waals surface area contributed by atoms with E-state index in [0.29, 0.717) is 38.4 Å². The van der Waals surface area contributed by atoms with E-state index in [-0.39, 0.29) is 24.9 Å². The number of alkyl halides is 2. The van der Waals surface area contributed by atoms with Crippen LogP contribution >= 0.6 is 0 Å². The van der Waals surface area contributed by atoms with E-state index in [2.05, 4.69) is 15.4 Å². The van der Waals surface area contributed by atoms with E-state index in [0.717, 1.165) is 5.56 Å². The Morgan fingerprint density at radius 3 is 2.36 bits per heavy atom. The molecule has 11 nitrogen and oxygen atoms in total. The molecule has 4 atom stereocenters. The minimum absolute atomic E-state index is 0.0528. The number of likely N-dealkylation sites (N-methyl/N-ethyl adjacent to an activating group) is 1. The Kier molecular flexibility index (Phi) is 11.7. The van der Waals surface area contributed by atoms with Gasteiger partial charge in [-0.1, -0.05) is 32.0 Å². The number of nitrogens with zero attached hydrogens (tertiary/aromatic N) is 2. The number of halogens is 2. The number of ketones is 1. The summed E-state index contributed by atoms with van der Waals surface area (Å²) in [5.41, 5.74) is 0.381. The monoisotopic (exact) mass is 597 g/mol. The molecule has 0 spiro atoms. The molecule has 2 N–H and O–H groups in total. The lowest BCUT2D eigenvalue weighted by molar-refractivity contribution is -0.148. The number of hydrogen-bond donors (Lipinski definition) is 2. The maximum atomic E-state index is 14.1. The van der Waals surface area contributed by atoms with Crippen LogP contribution < -0.4 is 15.1 Å². The van der Waals surface area contributed by atoms with Crippen molar-refractivity contribution in [3.8, 4) is 0 Å². The normalized spacial score (nSPS) is 21.8. The molecule has 2 aliphatic rings. The average Bonchev–Trinajstić information content (AvgIpc) is 3.70. The van der Waals surface area contributed by atoms with Crippen molar-refractivity contribution in [2.75, 3.05) is 59.7 Å². The minimum Gasteiger partial charge on any atom is -0.379 e. The predicted octanol–water partition coefficient (Wildman–Crippen LogP) is 1.40. The summed E-state index contributed by atoms with van der Waals surface area (Å²) in [4.78, 5) is 55.4. The second kappa shape index (κ2) is 14.6. The zero-order chi connectivity index (χ0) is 31.1. The molecule has 0 saturated carbocycles. The molecule has 4 unspecified atom stereocenters.